The molecule has 0 aromatic heterocycles. The standard InChI is InChI=1S/C18H12ClNO2S2/c1-11(21)13-4-8-15(9-5-13)20-17(22)16(24-18(20)23)10-12-2-6-14(19)7-3-12/h2-10H,1H3/b16-10-. The number of ketones is 1. The number of Topliss-reactive ketones (excluding diaryl/α,β-unsaturated/α-hetero) is 1. The molecule has 1 amide bonds. The molecule has 0 spiro atoms. The van der Waals surface area contributed by atoms with Gasteiger partial charge in [-0.1, -0.05) is 47.7 Å². The maximum atomic E-state index is 12.7. The van der Waals surface area contributed by atoms with Crippen LogP contribution in [-0.4, -0.2) is 16.0 Å². The second-order valence-electron chi connectivity index (χ2n) is 5.17. The number of anilines is 1. The lowest BCUT2D eigenvalue weighted by Gasteiger charge is -2.14. The van der Waals surface area contributed by atoms with Gasteiger partial charge in [0.2, 0.25) is 0 Å². The Morgan fingerprint density at radius 3 is 2.33 bits per heavy atom. The topological polar surface area (TPSA) is 37.4 Å². The predicted molar refractivity (Wildman–Crippen MR) is 104 cm³/mol. The zero-order valence-corrected chi connectivity index (χ0v) is 15.0. The monoisotopic (exact) mass is 373 g/mol. The quantitative estimate of drug-likeness (QED) is 0.433. The minimum Gasteiger partial charge on any atom is -0.295 e. The van der Waals surface area contributed by atoms with Crippen LogP contribution in [0.15, 0.2) is 53.4 Å². The van der Waals surface area contributed by atoms with E-state index in [2.05, 4.69) is 0 Å². The number of carbonyl (C=O) groups is 2. The van der Waals surface area contributed by atoms with Gasteiger partial charge in [-0.3, -0.25) is 14.5 Å². The number of amides is 1. The molecule has 6 heteroatoms. The highest BCUT2D eigenvalue weighted by Gasteiger charge is 2.33. The summed E-state index contributed by atoms with van der Waals surface area (Å²) in [6.07, 6.45) is 1.79. The fourth-order valence-electron chi connectivity index (χ4n) is 2.25. The van der Waals surface area contributed by atoms with Gasteiger partial charge in [-0.05, 0) is 55.0 Å². The smallest absolute Gasteiger partial charge is 0.270 e. The van der Waals surface area contributed by atoms with Crippen molar-refractivity contribution in [3.05, 3.63) is 69.6 Å². The zero-order chi connectivity index (χ0) is 17.3. The number of rotatable bonds is 3. The molecule has 1 fully saturated rings. The van der Waals surface area contributed by atoms with Crippen molar-refractivity contribution in [1.82, 2.24) is 0 Å². The normalized spacial score (nSPS) is 16.1. The summed E-state index contributed by atoms with van der Waals surface area (Å²) in [6, 6.07) is 14.1. The van der Waals surface area contributed by atoms with Gasteiger partial charge in [0.25, 0.3) is 5.91 Å². The van der Waals surface area contributed by atoms with Gasteiger partial charge in [0.1, 0.15) is 0 Å². The van der Waals surface area contributed by atoms with Crippen LogP contribution in [0, 0.1) is 0 Å². The summed E-state index contributed by atoms with van der Waals surface area (Å²) in [6.45, 7) is 1.50. The lowest BCUT2D eigenvalue weighted by atomic mass is 10.1. The van der Waals surface area contributed by atoms with Crippen LogP contribution >= 0.6 is 35.6 Å². The molecular formula is C18H12ClNO2S2. The molecule has 0 N–H and O–H groups in total. The van der Waals surface area contributed by atoms with E-state index < -0.39 is 0 Å². The Labute approximate surface area is 154 Å². The van der Waals surface area contributed by atoms with Crippen molar-refractivity contribution in [2.75, 3.05) is 4.90 Å². The van der Waals surface area contributed by atoms with E-state index in [1.54, 1.807) is 42.5 Å². The van der Waals surface area contributed by atoms with Gasteiger partial charge in [-0.25, -0.2) is 0 Å². The van der Waals surface area contributed by atoms with Crippen LogP contribution in [0.25, 0.3) is 6.08 Å². The van der Waals surface area contributed by atoms with Crippen LogP contribution < -0.4 is 4.90 Å². The van der Waals surface area contributed by atoms with E-state index in [0.29, 0.717) is 25.5 Å². The highest BCUT2D eigenvalue weighted by Crippen LogP contribution is 2.36. The molecule has 0 aliphatic carbocycles. The van der Waals surface area contributed by atoms with E-state index in [9.17, 15) is 9.59 Å². The molecular weight excluding hydrogens is 362 g/mol. The first-order chi connectivity index (χ1) is 11.5. The third kappa shape index (κ3) is 3.43. The second kappa shape index (κ2) is 6.89. The SMILES string of the molecule is CC(=O)c1ccc(N2C(=O)/C(=C/c3ccc(Cl)cc3)SC2=S)cc1. The van der Waals surface area contributed by atoms with Crippen molar-refractivity contribution in [3.63, 3.8) is 0 Å². The summed E-state index contributed by atoms with van der Waals surface area (Å²) < 4.78 is 0.468. The molecule has 1 saturated heterocycles. The highest BCUT2D eigenvalue weighted by atomic mass is 35.5. The number of benzene rings is 2. The van der Waals surface area contributed by atoms with Crippen molar-refractivity contribution in [2.45, 2.75) is 6.92 Å². The minimum absolute atomic E-state index is 0.0189. The first-order valence-corrected chi connectivity index (χ1v) is 8.70. The van der Waals surface area contributed by atoms with E-state index >= 15 is 0 Å². The van der Waals surface area contributed by atoms with Crippen LogP contribution in [0.1, 0.15) is 22.8 Å². The lowest BCUT2D eigenvalue weighted by molar-refractivity contribution is -0.113. The van der Waals surface area contributed by atoms with Gasteiger partial charge in [-0.2, -0.15) is 0 Å². The maximum Gasteiger partial charge on any atom is 0.270 e. The number of thiocarbonyl (C=S) groups is 1. The Morgan fingerprint density at radius 1 is 1.12 bits per heavy atom. The molecule has 0 bridgehead atoms. The number of hydrogen-bond donors (Lipinski definition) is 0. The van der Waals surface area contributed by atoms with Crippen LogP contribution in [0.5, 0.6) is 0 Å². The molecule has 1 aliphatic heterocycles. The van der Waals surface area contributed by atoms with Gasteiger partial charge in [0.05, 0.1) is 10.6 Å². The number of nitrogens with zero attached hydrogens (tertiary/aromatic N) is 1. The molecule has 24 heavy (non-hydrogen) atoms. The molecule has 120 valence electrons. The van der Waals surface area contributed by atoms with Gasteiger partial charge in [0, 0.05) is 10.6 Å². The van der Waals surface area contributed by atoms with E-state index in [0.717, 1.165) is 5.56 Å². The summed E-state index contributed by atoms with van der Waals surface area (Å²) in [5.74, 6) is -0.190. The fraction of sp³-hybridized carbons (Fsp3) is 0.0556. The minimum atomic E-state index is -0.171. The van der Waals surface area contributed by atoms with E-state index in [1.165, 1.54) is 23.6 Å². The lowest BCUT2D eigenvalue weighted by Crippen LogP contribution is -2.27. The van der Waals surface area contributed by atoms with Gasteiger partial charge in [-0.15, -0.1) is 0 Å². The Morgan fingerprint density at radius 2 is 1.75 bits per heavy atom. The summed E-state index contributed by atoms with van der Waals surface area (Å²) in [4.78, 5) is 26.1. The number of halogens is 1. The molecule has 1 aliphatic rings. The third-order valence-electron chi connectivity index (χ3n) is 3.49. The molecule has 0 radical (unpaired) electrons. The first-order valence-electron chi connectivity index (χ1n) is 7.10. The first kappa shape index (κ1) is 16.9. The molecule has 2 aromatic carbocycles. The maximum absolute atomic E-state index is 12.7. The van der Waals surface area contributed by atoms with Crippen molar-refractivity contribution in [1.29, 1.82) is 0 Å². The largest absolute Gasteiger partial charge is 0.295 e. The number of thioether (sulfide) groups is 1. The average molecular weight is 374 g/mol. The van der Waals surface area contributed by atoms with Gasteiger partial charge >= 0.3 is 0 Å². The van der Waals surface area contributed by atoms with Gasteiger partial charge < -0.3 is 0 Å². The van der Waals surface area contributed by atoms with Crippen LogP contribution in [0.4, 0.5) is 5.69 Å². The van der Waals surface area contributed by atoms with Crippen molar-refractivity contribution in [3.8, 4) is 0 Å². The number of hydrogen-bond acceptors (Lipinski definition) is 4. The summed E-state index contributed by atoms with van der Waals surface area (Å²) in [5.41, 5.74) is 2.13. The second-order valence-corrected chi connectivity index (χ2v) is 7.28. The highest BCUT2D eigenvalue weighted by molar-refractivity contribution is 8.27. The van der Waals surface area contributed by atoms with Crippen LogP contribution in [0.3, 0.4) is 0 Å². The Hall–Kier alpha value is -1.95. The van der Waals surface area contributed by atoms with E-state index in [-0.39, 0.29) is 11.7 Å². The fourth-order valence-corrected chi connectivity index (χ4v) is 3.67. The Balaban J connectivity index is 1.88. The zero-order valence-electron chi connectivity index (χ0n) is 12.7. The molecule has 0 saturated carbocycles. The third-order valence-corrected chi connectivity index (χ3v) is 5.05. The van der Waals surface area contributed by atoms with Gasteiger partial charge in [0.15, 0.2) is 10.1 Å². The Bertz CT molecular complexity index is 858. The molecule has 0 atom stereocenters. The molecule has 2 aromatic rings. The van der Waals surface area contributed by atoms with Crippen molar-refractivity contribution in [2.24, 2.45) is 0 Å². The van der Waals surface area contributed by atoms with Crippen molar-refractivity contribution < 1.29 is 9.59 Å². The van der Waals surface area contributed by atoms with E-state index in [4.69, 9.17) is 23.8 Å². The van der Waals surface area contributed by atoms with Crippen LogP contribution in [0.2, 0.25) is 5.02 Å². The van der Waals surface area contributed by atoms with Crippen LogP contribution in [-0.2, 0) is 4.79 Å². The number of carbonyl (C=O) groups excluding carboxylic acids is 2. The summed E-state index contributed by atoms with van der Waals surface area (Å²) >= 11 is 12.5. The van der Waals surface area contributed by atoms with Crippen molar-refractivity contribution >= 4 is 63.4 Å². The predicted octanol–water partition coefficient (Wildman–Crippen LogP) is 4.95. The molecule has 3 nitrogen and oxygen atoms in total. The average Bonchev–Trinajstić information content (AvgIpc) is 2.83. The molecule has 1 heterocycles. The Kier molecular flexibility index (Phi) is 4.85. The molecule has 0 unspecified atom stereocenters. The molecule has 3 rings (SSSR count). The summed E-state index contributed by atoms with van der Waals surface area (Å²) in [5, 5.41) is 0.644. The van der Waals surface area contributed by atoms with E-state index in [1.807, 2.05) is 12.1 Å². The summed E-state index contributed by atoms with van der Waals surface area (Å²) in [7, 11) is 0.